The highest BCUT2D eigenvalue weighted by molar-refractivity contribution is 8.07. The van der Waals surface area contributed by atoms with Crippen molar-refractivity contribution >= 4 is 80.3 Å². The molecule has 9 heteroatoms. The van der Waals surface area contributed by atoms with Crippen LogP contribution in [0.5, 0.6) is 0 Å². The van der Waals surface area contributed by atoms with Crippen LogP contribution < -0.4 is 67.5 Å². The molecule has 10 aromatic rings. The van der Waals surface area contributed by atoms with Crippen molar-refractivity contribution in [1.82, 2.24) is 9.97 Å². The molecule has 10 rings (SSSR count). The fraction of sp³-hybridized carbons (Fsp3) is 0.0182. The van der Waals surface area contributed by atoms with E-state index >= 15 is 0 Å². The van der Waals surface area contributed by atoms with Crippen molar-refractivity contribution in [3.63, 3.8) is 0 Å². The van der Waals surface area contributed by atoms with E-state index in [1.54, 1.807) is 23.1 Å². The van der Waals surface area contributed by atoms with Crippen molar-refractivity contribution in [3.05, 3.63) is 242 Å². The Kier molecular flexibility index (Phi) is 14.1. The lowest BCUT2D eigenvalue weighted by Gasteiger charge is -2.27. The first kappa shape index (κ1) is 45.0. The lowest BCUT2D eigenvalue weighted by Crippen LogP contribution is -3.00. The quantitative estimate of drug-likeness (QED) is 0.159. The van der Waals surface area contributed by atoms with Gasteiger partial charge in [0.15, 0.2) is 14.5 Å². The van der Waals surface area contributed by atoms with Crippen LogP contribution in [0.1, 0.15) is 5.56 Å². The molecular weight excluding hydrogens is 902 g/mol. The van der Waals surface area contributed by atoms with Gasteiger partial charge in [-0.25, -0.2) is 0 Å². The molecule has 314 valence electrons. The fourth-order valence-electron chi connectivity index (χ4n) is 8.30. The van der Waals surface area contributed by atoms with Gasteiger partial charge in [0.1, 0.15) is 41.0 Å². The summed E-state index contributed by atoms with van der Waals surface area (Å²) in [6, 6.07) is 84.9. The SMILES string of the molecule is Cc1ccc(-c2nc([P+](c3ccccc3)(c3ccccc3)c3ccccc3)c(Sc3sc(-c4ccccc4)nc3[P+](c3ccccc3)(c3ccccc3)c3ccccc3)o2)cc1.[Cl-].[Cl-]. The summed E-state index contributed by atoms with van der Waals surface area (Å²) in [5.74, 6) is 0.597. The maximum atomic E-state index is 7.29. The van der Waals surface area contributed by atoms with Crippen LogP contribution in [0.2, 0.25) is 0 Å². The van der Waals surface area contributed by atoms with Crippen LogP contribution in [0.25, 0.3) is 22.0 Å². The smallest absolute Gasteiger partial charge is 0.251 e. The van der Waals surface area contributed by atoms with Crippen LogP contribution in [0.4, 0.5) is 0 Å². The standard InChI is InChI=1S/C55H42N2OP2S2.2ClH/c1-41-37-39-42(40-38-41)50-56-51(59(44-25-11-3-12-26-44,45-27-13-4-14-28-45)46-29-15-5-16-30-46)54(58-50)62-55-52(57-53(61-55)43-23-9-2-10-24-43)60(47-31-17-6-18-32-47,48-33-19-7-20-34-48)49-35-21-8-22-36-49;;/h2-40H,1H3;2*1H/q+2;;/p-2. The molecule has 0 saturated heterocycles. The van der Waals surface area contributed by atoms with E-state index < -0.39 is 14.5 Å². The molecule has 0 aliphatic rings. The number of benzene rings is 8. The molecule has 2 heterocycles. The normalized spacial score (nSPS) is 11.3. The van der Waals surface area contributed by atoms with Gasteiger partial charge in [0.2, 0.25) is 16.4 Å². The lowest BCUT2D eigenvalue weighted by molar-refractivity contribution is -0.001000. The van der Waals surface area contributed by atoms with E-state index in [2.05, 4.69) is 244 Å². The molecule has 0 spiro atoms. The van der Waals surface area contributed by atoms with E-state index in [1.165, 1.54) is 37.4 Å². The second kappa shape index (κ2) is 20.1. The second-order valence-corrected chi connectivity index (χ2v) is 23.8. The Bertz CT molecular complexity index is 2840. The highest BCUT2D eigenvalue weighted by Crippen LogP contribution is 2.60. The molecule has 64 heavy (non-hydrogen) atoms. The maximum Gasteiger partial charge on any atom is 0.251 e. The molecule has 0 fully saturated rings. The molecule has 0 N–H and O–H groups in total. The second-order valence-electron chi connectivity index (χ2n) is 14.9. The molecule has 3 nitrogen and oxygen atoms in total. The Hall–Kier alpha value is -5.61. The number of thiazole rings is 1. The molecule has 0 aliphatic carbocycles. The molecule has 2 aromatic heterocycles. The Morgan fingerprint density at radius 1 is 0.391 bits per heavy atom. The van der Waals surface area contributed by atoms with Gasteiger partial charge >= 0.3 is 0 Å². The van der Waals surface area contributed by atoms with Crippen molar-refractivity contribution in [2.75, 3.05) is 0 Å². The molecule has 0 aliphatic heterocycles. The zero-order valence-corrected chi connectivity index (χ0v) is 39.7. The summed E-state index contributed by atoms with van der Waals surface area (Å²) in [5.41, 5.74) is 5.18. The Morgan fingerprint density at radius 2 is 0.734 bits per heavy atom. The highest BCUT2D eigenvalue weighted by atomic mass is 35.5. The number of aromatic nitrogens is 2. The van der Waals surface area contributed by atoms with Crippen LogP contribution in [-0.2, 0) is 0 Å². The van der Waals surface area contributed by atoms with Gasteiger partial charge in [-0.05, 0) is 104 Å². The number of rotatable bonds is 12. The zero-order chi connectivity index (χ0) is 41.8. The predicted molar refractivity (Wildman–Crippen MR) is 268 cm³/mol. The van der Waals surface area contributed by atoms with Crippen molar-refractivity contribution < 1.29 is 29.2 Å². The van der Waals surface area contributed by atoms with Crippen molar-refractivity contribution in [2.24, 2.45) is 0 Å². The number of halogens is 2. The van der Waals surface area contributed by atoms with Crippen molar-refractivity contribution in [2.45, 2.75) is 16.2 Å². The fourth-order valence-corrected chi connectivity index (χ4v) is 20.0. The van der Waals surface area contributed by atoms with Crippen LogP contribution in [0, 0.1) is 6.92 Å². The first-order valence-electron chi connectivity index (χ1n) is 20.6. The number of oxazole rings is 1. The number of hydrogen-bond donors (Lipinski definition) is 0. The topological polar surface area (TPSA) is 38.9 Å². The van der Waals surface area contributed by atoms with Gasteiger partial charge in [0, 0.05) is 11.1 Å². The molecule has 0 bridgehead atoms. The Balaban J connectivity index is 0.00000280. The van der Waals surface area contributed by atoms with E-state index in [4.69, 9.17) is 14.4 Å². The van der Waals surface area contributed by atoms with Crippen molar-refractivity contribution in [1.29, 1.82) is 0 Å². The summed E-state index contributed by atoms with van der Waals surface area (Å²) in [6.45, 7) is 2.11. The van der Waals surface area contributed by atoms with Crippen LogP contribution in [-0.4, -0.2) is 9.97 Å². The Labute approximate surface area is 397 Å². The van der Waals surface area contributed by atoms with Crippen molar-refractivity contribution in [3.8, 4) is 22.0 Å². The molecule has 0 atom stereocenters. The molecule has 8 aromatic carbocycles. The molecule has 0 unspecified atom stereocenters. The average Bonchev–Trinajstić information content (AvgIpc) is 3.97. The average molecular weight is 944 g/mol. The van der Waals surface area contributed by atoms with Gasteiger partial charge in [0.25, 0.3) is 5.44 Å². The minimum absolute atomic E-state index is 0. The largest absolute Gasteiger partial charge is 1.00 e. The zero-order valence-electron chi connectivity index (χ0n) is 34.8. The van der Waals surface area contributed by atoms with Crippen LogP contribution in [0.3, 0.4) is 0 Å². The van der Waals surface area contributed by atoms with Gasteiger partial charge in [-0.3, -0.25) is 0 Å². The first-order chi connectivity index (χ1) is 30.7. The molecule has 0 saturated carbocycles. The molecular formula is C55H42Cl2N2OP2S2. The third-order valence-corrected chi connectivity index (χ3v) is 22.2. The summed E-state index contributed by atoms with van der Waals surface area (Å²) in [5, 5.41) is 9.06. The highest BCUT2D eigenvalue weighted by Gasteiger charge is 2.55. The van der Waals surface area contributed by atoms with Gasteiger partial charge in [-0.1, -0.05) is 157 Å². The van der Waals surface area contributed by atoms with Gasteiger partial charge < -0.3 is 29.2 Å². The Morgan fingerprint density at radius 3 is 1.11 bits per heavy atom. The van der Waals surface area contributed by atoms with E-state index in [9.17, 15) is 0 Å². The number of aryl methyl sites for hydroxylation is 1. The van der Waals surface area contributed by atoms with E-state index in [0.717, 1.165) is 36.3 Å². The lowest BCUT2D eigenvalue weighted by atomic mass is 10.1. The minimum atomic E-state index is -2.70. The molecule has 0 radical (unpaired) electrons. The number of nitrogens with zero attached hydrogens (tertiary/aromatic N) is 2. The number of hydrogen-bond acceptors (Lipinski definition) is 5. The predicted octanol–water partition coefficient (Wildman–Crippen LogP) is 5.17. The minimum Gasteiger partial charge on any atom is -1.00 e. The van der Waals surface area contributed by atoms with Gasteiger partial charge in [-0.2, -0.15) is 9.97 Å². The van der Waals surface area contributed by atoms with Crippen LogP contribution >= 0.6 is 37.6 Å². The van der Waals surface area contributed by atoms with E-state index in [-0.39, 0.29) is 24.8 Å². The monoisotopic (exact) mass is 942 g/mol. The first-order valence-corrected chi connectivity index (χ1v) is 25.8. The van der Waals surface area contributed by atoms with Crippen LogP contribution in [0.15, 0.2) is 250 Å². The van der Waals surface area contributed by atoms with E-state index in [1.807, 2.05) is 0 Å². The summed E-state index contributed by atoms with van der Waals surface area (Å²) in [6.07, 6.45) is 0. The summed E-state index contributed by atoms with van der Waals surface area (Å²) >= 11 is 3.42. The third kappa shape index (κ3) is 8.30. The van der Waals surface area contributed by atoms with E-state index in [0.29, 0.717) is 5.89 Å². The molecule has 0 amide bonds. The maximum absolute atomic E-state index is 7.29. The summed E-state index contributed by atoms with van der Waals surface area (Å²) in [4.78, 5) is 11.5. The van der Waals surface area contributed by atoms with Gasteiger partial charge in [-0.15, -0.1) is 11.3 Å². The summed E-state index contributed by atoms with van der Waals surface area (Å²) < 4.78 is 8.36. The summed E-state index contributed by atoms with van der Waals surface area (Å²) in [7, 11) is -5.34. The van der Waals surface area contributed by atoms with Gasteiger partial charge in [0.05, 0.1) is 0 Å². The third-order valence-electron chi connectivity index (χ3n) is 11.2.